The van der Waals surface area contributed by atoms with Crippen LogP contribution in [-0.4, -0.2) is 9.97 Å². The average Bonchev–Trinajstić information content (AvgIpc) is 3.04. The summed E-state index contributed by atoms with van der Waals surface area (Å²) in [7, 11) is 0. The Kier molecular flexibility index (Phi) is 11.9. The normalized spacial score (nSPS) is 9.98. The molecule has 0 radical (unpaired) electrons. The molecule has 6 nitrogen and oxygen atoms in total. The molecule has 0 aliphatic heterocycles. The van der Waals surface area contributed by atoms with Crippen LogP contribution in [0.3, 0.4) is 0 Å². The van der Waals surface area contributed by atoms with E-state index in [1.165, 1.54) is 5.56 Å². The zero-order valence-electron chi connectivity index (χ0n) is 26.1. The summed E-state index contributed by atoms with van der Waals surface area (Å²) in [5.74, 6) is 1.51. The third kappa shape index (κ3) is 10.4. The molecule has 6 rings (SSSR count). The Morgan fingerprint density at radius 2 is 1.00 bits per heavy atom. The van der Waals surface area contributed by atoms with Gasteiger partial charge in [0.2, 0.25) is 0 Å². The first-order valence-electron chi connectivity index (χ1n) is 14.6. The number of hydrogen-bond donors (Lipinski definition) is 4. The highest BCUT2D eigenvalue weighted by molar-refractivity contribution is 6.33. The van der Waals surface area contributed by atoms with Gasteiger partial charge in [-0.25, -0.2) is 9.97 Å². The van der Waals surface area contributed by atoms with Crippen molar-refractivity contribution in [2.75, 3.05) is 21.7 Å². The van der Waals surface area contributed by atoms with Crippen LogP contribution in [0.5, 0.6) is 0 Å². The molecule has 0 fully saturated rings. The summed E-state index contributed by atoms with van der Waals surface area (Å²) in [5.41, 5.74) is 15.0. The molecule has 0 atom stereocenters. The van der Waals surface area contributed by atoms with Gasteiger partial charge in [0, 0.05) is 35.1 Å². The summed E-state index contributed by atoms with van der Waals surface area (Å²) in [6, 6.07) is 39.9. The second-order valence-electron chi connectivity index (χ2n) is 10.5. The van der Waals surface area contributed by atoms with Gasteiger partial charge in [-0.3, -0.25) is 0 Å². The number of rotatable bonds is 6. The largest absolute Gasteiger partial charge is 0.399 e. The molecule has 5 N–H and O–H groups in total. The predicted octanol–water partition coefficient (Wildman–Crippen LogP) is 10.5. The minimum atomic E-state index is 0.638. The van der Waals surface area contributed by atoms with Crippen molar-refractivity contribution >= 4 is 51.7 Å². The number of nitrogens with two attached hydrogens (primary N) is 1. The molecule has 0 saturated carbocycles. The molecule has 0 spiro atoms. The van der Waals surface area contributed by atoms with Crippen LogP contribution in [0, 0.1) is 27.7 Å². The number of benzene rings is 4. The molecule has 0 aliphatic carbocycles. The fraction of sp³-hybridized carbons (Fsp3) is 0.105. The van der Waals surface area contributed by atoms with Crippen molar-refractivity contribution in [3.05, 3.63) is 161 Å². The number of hydrogen-bond acceptors (Lipinski definition) is 6. The monoisotopic (exact) mass is 614 g/mol. The maximum atomic E-state index is 6.05. The zero-order valence-corrected chi connectivity index (χ0v) is 26.8. The molecule has 228 valence electrons. The van der Waals surface area contributed by atoms with Crippen LogP contribution < -0.4 is 21.7 Å². The van der Waals surface area contributed by atoms with Gasteiger partial charge in [0.05, 0.1) is 10.7 Å². The Morgan fingerprint density at radius 3 is 1.53 bits per heavy atom. The van der Waals surface area contributed by atoms with Crippen molar-refractivity contribution in [1.82, 2.24) is 9.97 Å². The van der Waals surface area contributed by atoms with E-state index in [2.05, 4.69) is 51.0 Å². The molecule has 4 aromatic carbocycles. The summed E-state index contributed by atoms with van der Waals surface area (Å²) < 4.78 is 0. The molecule has 2 aromatic heterocycles. The van der Waals surface area contributed by atoms with E-state index in [9.17, 15) is 0 Å². The summed E-state index contributed by atoms with van der Waals surface area (Å²) >= 11 is 6.05. The molecular weight excluding hydrogens is 576 g/mol. The standard InChI is InChI=1S/C19H19N3.C12H11ClN2.C7H9N/c1-14-12-18(22-17-11-7-6-8-15(17)2)19(20-13-14)21-16-9-4-3-5-10-16;1-9-7-11(13)12(14-8-9)15-10-5-3-2-4-6-10;1-6-4-2-3-5-7(6)8/h3-13,22H,1-2H3,(H,20,21);2-8H,1H3,(H,14,15);2-5H,8H2,1H3. The van der Waals surface area contributed by atoms with Gasteiger partial charge in [-0.15, -0.1) is 0 Å². The van der Waals surface area contributed by atoms with Crippen LogP contribution in [0.15, 0.2) is 134 Å². The van der Waals surface area contributed by atoms with Gasteiger partial charge in [0.15, 0.2) is 5.82 Å². The van der Waals surface area contributed by atoms with E-state index in [1.807, 2.05) is 130 Å². The number of para-hydroxylation sites is 4. The molecule has 2 heterocycles. The fourth-order valence-electron chi connectivity index (χ4n) is 4.15. The summed E-state index contributed by atoms with van der Waals surface area (Å²) in [6.07, 6.45) is 3.66. The van der Waals surface area contributed by atoms with Gasteiger partial charge in [-0.05, 0) is 98.5 Å². The SMILES string of the molecule is Cc1ccccc1N.Cc1cnc(Nc2ccccc2)c(Cl)c1.Cc1cnc(Nc2ccccc2)c(Nc2ccccc2C)c1. The van der Waals surface area contributed by atoms with Gasteiger partial charge >= 0.3 is 0 Å². The first-order chi connectivity index (χ1) is 21.8. The van der Waals surface area contributed by atoms with Crippen molar-refractivity contribution in [2.45, 2.75) is 27.7 Å². The number of nitrogen functional groups attached to an aromatic ring is 1. The van der Waals surface area contributed by atoms with E-state index in [4.69, 9.17) is 17.3 Å². The molecule has 0 bridgehead atoms. The van der Waals surface area contributed by atoms with E-state index in [0.717, 1.165) is 50.9 Å². The van der Waals surface area contributed by atoms with Crippen LogP contribution >= 0.6 is 11.6 Å². The Morgan fingerprint density at radius 1 is 0.511 bits per heavy atom. The second kappa shape index (κ2) is 16.5. The lowest BCUT2D eigenvalue weighted by molar-refractivity contribution is 1.25. The van der Waals surface area contributed by atoms with E-state index >= 15 is 0 Å². The third-order valence-corrected chi connectivity index (χ3v) is 6.97. The third-order valence-electron chi connectivity index (χ3n) is 6.68. The minimum Gasteiger partial charge on any atom is -0.399 e. The number of nitrogens with one attached hydrogen (secondary N) is 3. The van der Waals surface area contributed by atoms with Gasteiger partial charge < -0.3 is 21.7 Å². The number of aryl methyl sites for hydroxylation is 4. The average molecular weight is 615 g/mol. The number of nitrogens with zero attached hydrogens (tertiary/aromatic N) is 2. The highest BCUT2D eigenvalue weighted by atomic mass is 35.5. The number of pyridine rings is 2. The topological polar surface area (TPSA) is 87.9 Å². The first kappa shape index (κ1) is 32.6. The van der Waals surface area contributed by atoms with Gasteiger partial charge in [-0.2, -0.15) is 0 Å². The van der Waals surface area contributed by atoms with Crippen molar-refractivity contribution in [2.24, 2.45) is 0 Å². The van der Waals surface area contributed by atoms with E-state index < -0.39 is 0 Å². The van der Waals surface area contributed by atoms with Gasteiger partial charge in [0.25, 0.3) is 0 Å². The maximum absolute atomic E-state index is 6.05. The lowest BCUT2D eigenvalue weighted by Gasteiger charge is -2.15. The number of halogens is 1. The fourth-order valence-corrected chi connectivity index (χ4v) is 4.42. The highest BCUT2D eigenvalue weighted by Gasteiger charge is 2.07. The van der Waals surface area contributed by atoms with E-state index in [0.29, 0.717) is 10.8 Å². The molecule has 7 heteroatoms. The minimum absolute atomic E-state index is 0.638. The van der Waals surface area contributed by atoms with Crippen LogP contribution in [0.4, 0.5) is 40.1 Å². The molecule has 0 amide bonds. The lowest BCUT2D eigenvalue weighted by atomic mass is 10.2. The first-order valence-corrected chi connectivity index (χ1v) is 15.0. The molecular formula is C38H39ClN6. The quantitative estimate of drug-likeness (QED) is 0.140. The van der Waals surface area contributed by atoms with E-state index in [-0.39, 0.29) is 0 Å². The van der Waals surface area contributed by atoms with E-state index in [1.54, 1.807) is 6.20 Å². The van der Waals surface area contributed by atoms with Crippen molar-refractivity contribution in [3.8, 4) is 0 Å². The number of aromatic nitrogens is 2. The van der Waals surface area contributed by atoms with Crippen LogP contribution in [0.25, 0.3) is 0 Å². The molecule has 0 saturated heterocycles. The Labute approximate surface area is 271 Å². The van der Waals surface area contributed by atoms with Crippen LogP contribution in [0.2, 0.25) is 5.02 Å². The molecule has 0 unspecified atom stereocenters. The van der Waals surface area contributed by atoms with Crippen molar-refractivity contribution in [1.29, 1.82) is 0 Å². The van der Waals surface area contributed by atoms with Gasteiger partial charge in [0.1, 0.15) is 5.82 Å². The highest BCUT2D eigenvalue weighted by Crippen LogP contribution is 2.28. The van der Waals surface area contributed by atoms with Crippen molar-refractivity contribution in [3.63, 3.8) is 0 Å². The predicted molar refractivity (Wildman–Crippen MR) is 192 cm³/mol. The van der Waals surface area contributed by atoms with Crippen LogP contribution in [-0.2, 0) is 0 Å². The summed E-state index contributed by atoms with van der Waals surface area (Å²) in [4.78, 5) is 8.76. The molecule has 0 aliphatic rings. The van der Waals surface area contributed by atoms with Gasteiger partial charge in [-0.1, -0.05) is 84.4 Å². The Bertz CT molecular complexity index is 1770. The molecule has 6 aromatic rings. The number of anilines is 7. The second-order valence-corrected chi connectivity index (χ2v) is 10.9. The maximum Gasteiger partial charge on any atom is 0.154 e. The summed E-state index contributed by atoms with van der Waals surface area (Å²) in [6.45, 7) is 8.10. The zero-order chi connectivity index (χ0) is 32.0. The smallest absolute Gasteiger partial charge is 0.154 e. The van der Waals surface area contributed by atoms with Crippen LogP contribution in [0.1, 0.15) is 22.3 Å². The Balaban J connectivity index is 0.000000172. The Hall–Kier alpha value is -5.33. The lowest BCUT2D eigenvalue weighted by Crippen LogP contribution is -2.01. The molecule has 45 heavy (non-hydrogen) atoms. The summed E-state index contributed by atoms with van der Waals surface area (Å²) in [5, 5.41) is 10.6. The van der Waals surface area contributed by atoms with Crippen molar-refractivity contribution < 1.29 is 0 Å².